The van der Waals surface area contributed by atoms with Crippen molar-refractivity contribution in [2.24, 2.45) is 0 Å². The molecule has 2 aliphatic rings. The molecule has 2 atom stereocenters. The van der Waals surface area contributed by atoms with Crippen molar-refractivity contribution in [2.45, 2.75) is 29.6 Å². The molecule has 0 saturated carbocycles. The second-order valence-electron chi connectivity index (χ2n) is 5.93. The van der Waals surface area contributed by atoms with E-state index in [9.17, 15) is 26.7 Å². The fourth-order valence-electron chi connectivity index (χ4n) is 3.19. The number of nitrogens with zero attached hydrogens (tertiary/aromatic N) is 2. The van der Waals surface area contributed by atoms with Gasteiger partial charge in [-0.05, 0) is 24.6 Å². The predicted molar refractivity (Wildman–Crippen MR) is 76.2 cm³/mol. The van der Waals surface area contributed by atoms with Crippen LogP contribution < -0.4 is 0 Å². The van der Waals surface area contributed by atoms with Crippen LogP contribution in [0.5, 0.6) is 0 Å². The van der Waals surface area contributed by atoms with E-state index >= 15 is 0 Å². The summed E-state index contributed by atoms with van der Waals surface area (Å²) in [4.78, 5) is 1.67. The summed E-state index contributed by atoms with van der Waals surface area (Å²) in [6.07, 6.45) is -4.58. The van der Waals surface area contributed by atoms with Crippen LogP contribution in [0, 0.1) is 0 Å². The Kier molecular flexibility index (Phi) is 4.16. The zero-order valence-corrected chi connectivity index (χ0v) is 13.0. The number of hydrogen-bond donors (Lipinski definition) is 1. The Morgan fingerprint density at radius 3 is 2.61 bits per heavy atom. The maximum absolute atomic E-state index is 12.8. The minimum absolute atomic E-state index is 0.0840. The van der Waals surface area contributed by atoms with Crippen LogP contribution in [0.25, 0.3) is 0 Å². The first-order valence-corrected chi connectivity index (χ1v) is 8.71. The number of halogens is 3. The molecule has 0 bridgehead atoms. The van der Waals surface area contributed by atoms with Crippen molar-refractivity contribution in [3.63, 3.8) is 0 Å². The average molecular weight is 350 g/mol. The highest BCUT2D eigenvalue weighted by molar-refractivity contribution is 7.89. The Balaban J connectivity index is 1.85. The van der Waals surface area contributed by atoms with Crippen LogP contribution >= 0.6 is 0 Å². The zero-order valence-electron chi connectivity index (χ0n) is 12.2. The van der Waals surface area contributed by atoms with E-state index in [1.807, 2.05) is 4.90 Å². The first-order chi connectivity index (χ1) is 10.7. The molecule has 0 spiro atoms. The molecule has 0 radical (unpaired) electrons. The quantitative estimate of drug-likeness (QED) is 0.869. The fourth-order valence-corrected chi connectivity index (χ4v) is 4.70. The second-order valence-corrected chi connectivity index (χ2v) is 7.86. The Morgan fingerprint density at radius 1 is 1.17 bits per heavy atom. The van der Waals surface area contributed by atoms with Crippen molar-refractivity contribution in [1.82, 2.24) is 9.21 Å². The summed E-state index contributed by atoms with van der Waals surface area (Å²) in [6.45, 7) is 1.39. The third-order valence-corrected chi connectivity index (χ3v) is 6.22. The van der Waals surface area contributed by atoms with E-state index in [0.717, 1.165) is 12.1 Å². The van der Waals surface area contributed by atoms with Crippen molar-refractivity contribution < 1.29 is 26.7 Å². The first-order valence-electron chi connectivity index (χ1n) is 7.27. The lowest BCUT2D eigenvalue weighted by Crippen LogP contribution is -2.51. The molecular weight excluding hydrogens is 333 g/mol. The monoisotopic (exact) mass is 350 g/mol. The van der Waals surface area contributed by atoms with Gasteiger partial charge in [-0.3, -0.25) is 4.90 Å². The molecule has 23 heavy (non-hydrogen) atoms. The number of fused-ring (bicyclic) bond motifs is 1. The van der Waals surface area contributed by atoms with Crippen LogP contribution in [-0.2, 0) is 16.2 Å². The minimum atomic E-state index is -4.58. The number of aliphatic hydroxyl groups is 1. The van der Waals surface area contributed by atoms with Crippen molar-refractivity contribution in [1.29, 1.82) is 0 Å². The maximum Gasteiger partial charge on any atom is 0.416 e. The van der Waals surface area contributed by atoms with E-state index in [2.05, 4.69) is 0 Å². The van der Waals surface area contributed by atoms with Gasteiger partial charge in [0.15, 0.2) is 0 Å². The topological polar surface area (TPSA) is 60.9 Å². The Morgan fingerprint density at radius 2 is 1.91 bits per heavy atom. The fraction of sp³-hybridized carbons (Fsp3) is 0.571. The van der Waals surface area contributed by atoms with Crippen molar-refractivity contribution in [3.05, 3.63) is 29.8 Å². The molecule has 0 aromatic heterocycles. The minimum Gasteiger partial charge on any atom is -0.392 e. The van der Waals surface area contributed by atoms with Crippen LogP contribution in [0.2, 0.25) is 0 Å². The van der Waals surface area contributed by atoms with Gasteiger partial charge in [-0.15, -0.1) is 0 Å². The number of sulfonamides is 1. The Bertz CT molecular complexity index is 693. The summed E-state index contributed by atoms with van der Waals surface area (Å²) >= 11 is 0. The summed E-state index contributed by atoms with van der Waals surface area (Å²) in [5.74, 6) is 0. The number of aliphatic hydroxyl groups excluding tert-OH is 1. The normalized spacial score (nSPS) is 27.1. The van der Waals surface area contributed by atoms with Gasteiger partial charge in [0.2, 0.25) is 10.0 Å². The first kappa shape index (κ1) is 16.7. The highest BCUT2D eigenvalue weighted by Crippen LogP contribution is 2.32. The molecule has 0 amide bonds. The molecule has 1 aromatic rings. The van der Waals surface area contributed by atoms with Crippen LogP contribution in [0.1, 0.15) is 12.0 Å². The summed E-state index contributed by atoms with van der Waals surface area (Å²) < 4.78 is 64.8. The van der Waals surface area contributed by atoms with Gasteiger partial charge in [0, 0.05) is 32.2 Å². The third kappa shape index (κ3) is 3.23. The maximum atomic E-state index is 12.8. The van der Waals surface area contributed by atoms with Gasteiger partial charge < -0.3 is 5.11 Å². The molecule has 0 aliphatic carbocycles. The number of rotatable bonds is 2. The molecule has 2 saturated heterocycles. The lowest BCUT2D eigenvalue weighted by Gasteiger charge is -2.36. The van der Waals surface area contributed by atoms with Gasteiger partial charge in [0.1, 0.15) is 0 Å². The number of piperazine rings is 1. The molecule has 2 fully saturated rings. The lowest BCUT2D eigenvalue weighted by molar-refractivity contribution is -0.137. The SMILES string of the molecule is O=S(=O)(c1cccc(C(F)(F)F)c1)N1CCN2CC(O)C[C@@H]2C1. The number of alkyl halides is 3. The van der Waals surface area contributed by atoms with Crippen molar-refractivity contribution >= 4 is 10.0 Å². The molecule has 2 aliphatic heterocycles. The molecule has 9 heteroatoms. The van der Waals surface area contributed by atoms with Crippen molar-refractivity contribution in [2.75, 3.05) is 26.2 Å². The molecule has 5 nitrogen and oxygen atoms in total. The zero-order chi connectivity index (χ0) is 16.8. The summed E-state index contributed by atoms with van der Waals surface area (Å²) in [7, 11) is -3.98. The van der Waals surface area contributed by atoms with Gasteiger partial charge in [-0.1, -0.05) is 6.07 Å². The number of hydrogen-bond acceptors (Lipinski definition) is 4. The second kappa shape index (κ2) is 5.73. The molecule has 2 heterocycles. The van der Waals surface area contributed by atoms with E-state index in [0.29, 0.717) is 25.6 Å². The van der Waals surface area contributed by atoms with Gasteiger partial charge in [0.05, 0.1) is 16.6 Å². The third-order valence-electron chi connectivity index (χ3n) is 4.36. The molecule has 1 N–H and O–H groups in total. The molecular formula is C14H17F3N2O3S. The molecule has 1 unspecified atom stereocenters. The van der Waals surface area contributed by atoms with Crippen molar-refractivity contribution in [3.8, 4) is 0 Å². The Labute approximate surface area is 132 Å². The lowest BCUT2D eigenvalue weighted by atomic mass is 10.2. The van der Waals surface area contributed by atoms with Crippen LogP contribution in [0.3, 0.4) is 0 Å². The van der Waals surface area contributed by atoms with E-state index in [1.165, 1.54) is 10.4 Å². The molecule has 1 aromatic carbocycles. The van der Waals surface area contributed by atoms with Gasteiger partial charge in [0.25, 0.3) is 0 Å². The van der Waals surface area contributed by atoms with E-state index in [-0.39, 0.29) is 24.0 Å². The summed E-state index contributed by atoms with van der Waals surface area (Å²) in [6, 6.07) is 3.72. The average Bonchev–Trinajstić information content (AvgIpc) is 2.85. The smallest absolute Gasteiger partial charge is 0.392 e. The highest BCUT2D eigenvalue weighted by atomic mass is 32.2. The van der Waals surface area contributed by atoms with E-state index in [1.54, 1.807) is 0 Å². The van der Waals surface area contributed by atoms with E-state index in [4.69, 9.17) is 0 Å². The predicted octanol–water partition coefficient (Wildman–Crippen LogP) is 1.14. The standard InChI is InChI=1S/C14H17F3N2O3S/c15-14(16,17)10-2-1-3-13(6-10)23(21,22)19-5-4-18-9-12(20)7-11(18)8-19/h1-3,6,11-12,20H,4-5,7-9H2/t11-,12?/m1/s1. The van der Waals surface area contributed by atoms with Gasteiger partial charge in [-0.25, -0.2) is 8.42 Å². The highest BCUT2D eigenvalue weighted by Gasteiger charge is 2.40. The molecule has 128 valence electrons. The summed E-state index contributed by atoms with van der Waals surface area (Å²) in [5.41, 5.74) is -0.978. The van der Waals surface area contributed by atoms with Crippen LogP contribution in [0.4, 0.5) is 13.2 Å². The van der Waals surface area contributed by atoms with E-state index < -0.39 is 27.9 Å². The van der Waals surface area contributed by atoms with Gasteiger partial charge >= 0.3 is 6.18 Å². The Hall–Kier alpha value is -1.16. The summed E-state index contributed by atoms with van der Waals surface area (Å²) in [5, 5.41) is 9.66. The molecule has 3 rings (SSSR count). The number of benzene rings is 1. The van der Waals surface area contributed by atoms with Gasteiger partial charge in [-0.2, -0.15) is 17.5 Å². The largest absolute Gasteiger partial charge is 0.416 e. The van der Waals surface area contributed by atoms with Crippen LogP contribution in [0.15, 0.2) is 29.2 Å². The van der Waals surface area contributed by atoms with Crippen LogP contribution in [-0.4, -0.2) is 61.1 Å².